The first kappa shape index (κ1) is 21.4. The van der Waals surface area contributed by atoms with Crippen LogP contribution in [-0.2, 0) is 13.2 Å². The van der Waals surface area contributed by atoms with Crippen molar-refractivity contribution in [1.82, 2.24) is 5.32 Å². The quantitative estimate of drug-likeness (QED) is 0.434. The van der Waals surface area contributed by atoms with Crippen LogP contribution in [0.5, 0.6) is 11.5 Å². The SMILES string of the molecule is COc1cc(CNCCC(C)C)c(Br)cc1OCc1ccc(Cl)c(Cl)c1. The second-order valence-corrected chi connectivity index (χ2v) is 8.16. The first-order valence-corrected chi connectivity index (χ1v) is 10.1. The van der Waals surface area contributed by atoms with E-state index in [1.54, 1.807) is 19.2 Å². The smallest absolute Gasteiger partial charge is 0.162 e. The van der Waals surface area contributed by atoms with Crippen molar-refractivity contribution in [1.29, 1.82) is 0 Å². The number of halogens is 3. The van der Waals surface area contributed by atoms with Crippen LogP contribution in [0.15, 0.2) is 34.8 Å². The fourth-order valence-electron chi connectivity index (χ4n) is 2.39. The van der Waals surface area contributed by atoms with E-state index in [1.165, 1.54) is 0 Å². The Bertz CT molecular complexity index is 738. The van der Waals surface area contributed by atoms with Gasteiger partial charge in [0.2, 0.25) is 0 Å². The fraction of sp³-hybridized carbons (Fsp3) is 0.400. The molecular formula is C20H24BrCl2NO2. The van der Waals surface area contributed by atoms with Gasteiger partial charge in [0.15, 0.2) is 11.5 Å². The average molecular weight is 461 g/mol. The molecule has 0 bridgehead atoms. The average Bonchev–Trinajstić information content (AvgIpc) is 2.60. The summed E-state index contributed by atoms with van der Waals surface area (Å²) in [7, 11) is 1.64. The molecule has 0 aliphatic carbocycles. The molecule has 0 aromatic heterocycles. The molecule has 0 amide bonds. The summed E-state index contributed by atoms with van der Waals surface area (Å²) in [6.07, 6.45) is 1.15. The van der Waals surface area contributed by atoms with Crippen molar-refractivity contribution in [2.24, 2.45) is 5.92 Å². The van der Waals surface area contributed by atoms with Gasteiger partial charge in [-0.1, -0.05) is 59.0 Å². The van der Waals surface area contributed by atoms with Crippen LogP contribution < -0.4 is 14.8 Å². The molecule has 0 spiro atoms. The Kier molecular flexibility index (Phi) is 8.55. The minimum absolute atomic E-state index is 0.381. The zero-order valence-electron chi connectivity index (χ0n) is 15.2. The Balaban J connectivity index is 2.04. The van der Waals surface area contributed by atoms with Crippen LogP contribution in [-0.4, -0.2) is 13.7 Å². The molecule has 1 N–H and O–H groups in total. The second kappa shape index (κ2) is 10.4. The van der Waals surface area contributed by atoms with Gasteiger partial charge >= 0.3 is 0 Å². The molecule has 0 unspecified atom stereocenters. The summed E-state index contributed by atoms with van der Waals surface area (Å²) in [5.74, 6) is 2.07. The molecule has 0 saturated heterocycles. The van der Waals surface area contributed by atoms with Crippen LogP contribution in [0.1, 0.15) is 31.4 Å². The molecule has 0 atom stereocenters. The van der Waals surface area contributed by atoms with Crippen molar-refractivity contribution < 1.29 is 9.47 Å². The third-order valence-corrected chi connectivity index (χ3v) is 5.40. The van der Waals surface area contributed by atoms with Crippen LogP contribution in [0, 0.1) is 5.92 Å². The van der Waals surface area contributed by atoms with E-state index < -0.39 is 0 Å². The third-order valence-electron chi connectivity index (χ3n) is 3.92. The van der Waals surface area contributed by atoms with Crippen molar-refractivity contribution >= 4 is 39.1 Å². The summed E-state index contributed by atoms with van der Waals surface area (Å²) in [5.41, 5.74) is 2.07. The number of rotatable bonds is 9. The standard InChI is InChI=1S/C20H24BrCl2NO2/c1-13(2)6-7-24-11-15-9-19(25-3)20(10-16(15)21)26-12-14-4-5-17(22)18(23)8-14/h4-5,8-10,13,24H,6-7,11-12H2,1-3H3. The third kappa shape index (κ3) is 6.34. The number of hydrogen-bond donors (Lipinski definition) is 1. The Morgan fingerprint density at radius 1 is 1.08 bits per heavy atom. The van der Waals surface area contributed by atoms with Crippen molar-refractivity contribution in [3.8, 4) is 11.5 Å². The fourth-order valence-corrected chi connectivity index (χ4v) is 3.17. The summed E-state index contributed by atoms with van der Waals surface area (Å²) in [4.78, 5) is 0. The molecule has 0 radical (unpaired) electrons. The van der Waals surface area contributed by atoms with Crippen LogP contribution in [0.4, 0.5) is 0 Å². The van der Waals surface area contributed by atoms with Gasteiger partial charge in [-0.2, -0.15) is 0 Å². The lowest BCUT2D eigenvalue weighted by Crippen LogP contribution is -2.16. The number of ether oxygens (including phenoxy) is 2. The summed E-state index contributed by atoms with van der Waals surface area (Å²) >= 11 is 15.6. The molecule has 3 nitrogen and oxygen atoms in total. The molecule has 2 rings (SSSR count). The normalized spacial score (nSPS) is 11.0. The number of methoxy groups -OCH3 is 1. The molecule has 0 fully saturated rings. The van der Waals surface area contributed by atoms with Gasteiger partial charge in [0.25, 0.3) is 0 Å². The maximum Gasteiger partial charge on any atom is 0.162 e. The zero-order chi connectivity index (χ0) is 19.1. The Morgan fingerprint density at radius 2 is 1.85 bits per heavy atom. The Labute approximate surface area is 174 Å². The van der Waals surface area contributed by atoms with Gasteiger partial charge in [0, 0.05) is 11.0 Å². The molecule has 0 aliphatic rings. The van der Waals surface area contributed by atoms with Crippen molar-refractivity contribution in [3.63, 3.8) is 0 Å². The molecule has 142 valence electrons. The van der Waals surface area contributed by atoms with E-state index in [0.29, 0.717) is 34.1 Å². The van der Waals surface area contributed by atoms with Crippen molar-refractivity contribution in [2.75, 3.05) is 13.7 Å². The van der Waals surface area contributed by atoms with Crippen molar-refractivity contribution in [3.05, 3.63) is 56.0 Å². The molecular weight excluding hydrogens is 437 g/mol. The first-order chi connectivity index (χ1) is 12.4. The van der Waals surface area contributed by atoms with E-state index >= 15 is 0 Å². The van der Waals surface area contributed by atoms with Crippen LogP contribution in [0.2, 0.25) is 10.0 Å². The van der Waals surface area contributed by atoms with E-state index in [1.807, 2.05) is 18.2 Å². The van der Waals surface area contributed by atoms with E-state index in [-0.39, 0.29) is 0 Å². The largest absolute Gasteiger partial charge is 0.493 e. The number of benzene rings is 2. The molecule has 0 aliphatic heterocycles. The summed E-state index contributed by atoms with van der Waals surface area (Å²) in [6.45, 7) is 6.59. The van der Waals surface area contributed by atoms with E-state index in [0.717, 1.165) is 35.1 Å². The molecule has 26 heavy (non-hydrogen) atoms. The molecule has 2 aromatic rings. The molecule has 0 saturated carbocycles. The monoisotopic (exact) mass is 459 g/mol. The maximum absolute atomic E-state index is 6.05. The number of nitrogens with one attached hydrogen (secondary N) is 1. The lowest BCUT2D eigenvalue weighted by Gasteiger charge is -2.15. The van der Waals surface area contributed by atoms with Gasteiger partial charge < -0.3 is 14.8 Å². The van der Waals surface area contributed by atoms with Gasteiger partial charge in [0.05, 0.1) is 17.2 Å². The van der Waals surface area contributed by atoms with E-state index in [9.17, 15) is 0 Å². The van der Waals surface area contributed by atoms with Crippen LogP contribution in [0.3, 0.4) is 0 Å². The lowest BCUT2D eigenvalue weighted by molar-refractivity contribution is 0.284. The van der Waals surface area contributed by atoms with Crippen molar-refractivity contribution in [2.45, 2.75) is 33.4 Å². The Hall–Kier alpha value is -0.940. The minimum atomic E-state index is 0.381. The highest BCUT2D eigenvalue weighted by Crippen LogP contribution is 2.34. The first-order valence-electron chi connectivity index (χ1n) is 8.54. The van der Waals surface area contributed by atoms with Gasteiger partial charge in [-0.15, -0.1) is 0 Å². The molecule has 6 heteroatoms. The van der Waals surface area contributed by atoms with Gasteiger partial charge in [-0.05, 0) is 54.3 Å². The van der Waals surface area contributed by atoms with Gasteiger partial charge in [0.1, 0.15) is 6.61 Å². The summed E-state index contributed by atoms with van der Waals surface area (Å²) in [5, 5.41) is 4.51. The summed E-state index contributed by atoms with van der Waals surface area (Å²) in [6, 6.07) is 9.40. The molecule has 0 heterocycles. The van der Waals surface area contributed by atoms with Gasteiger partial charge in [-0.25, -0.2) is 0 Å². The highest BCUT2D eigenvalue weighted by molar-refractivity contribution is 9.10. The second-order valence-electron chi connectivity index (χ2n) is 6.49. The minimum Gasteiger partial charge on any atom is -0.493 e. The Morgan fingerprint density at radius 3 is 2.50 bits per heavy atom. The molecule has 2 aromatic carbocycles. The maximum atomic E-state index is 6.05. The topological polar surface area (TPSA) is 30.5 Å². The predicted octanol–water partition coefficient (Wildman–Crippen LogP) is 6.48. The van der Waals surface area contributed by atoms with E-state index in [4.69, 9.17) is 32.7 Å². The highest BCUT2D eigenvalue weighted by atomic mass is 79.9. The number of hydrogen-bond acceptors (Lipinski definition) is 3. The van der Waals surface area contributed by atoms with Gasteiger partial charge in [-0.3, -0.25) is 0 Å². The highest BCUT2D eigenvalue weighted by Gasteiger charge is 2.11. The zero-order valence-corrected chi connectivity index (χ0v) is 18.3. The van der Waals surface area contributed by atoms with Crippen LogP contribution >= 0.6 is 39.1 Å². The van der Waals surface area contributed by atoms with E-state index in [2.05, 4.69) is 35.1 Å². The van der Waals surface area contributed by atoms with Crippen LogP contribution in [0.25, 0.3) is 0 Å². The lowest BCUT2D eigenvalue weighted by atomic mass is 10.1. The predicted molar refractivity (Wildman–Crippen MR) is 113 cm³/mol. The summed E-state index contributed by atoms with van der Waals surface area (Å²) < 4.78 is 12.4.